The normalized spacial score (nSPS) is 32.3. The van der Waals surface area contributed by atoms with Crippen LogP contribution in [0.3, 0.4) is 0 Å². The first-order valence-corrected chi connectivity index (χ1v) is 11.0. The lowest BCUT2D eigenvalue weighted by atomic mass is 9.63. The van der Waals surface area contributed by atoms with Gasteiger partial charge in [0, 0.05) is 5.39 Å². The Morgan fingerprint density at radius 1 is 0.742 bits per heavy atom. The van der Waals surface area contributed by atoms with Gasteiger partial charge in [0.05, 0.1) is 17.5 Å². The van der Waals surface area contributed by atoms with Crippen LogP contribution in [-0.4, -0.2) is 11.8 Å². The van der Waals surface area contributed by atoms with E-state index in [1.54, 1.807) is 0 Å². The van der Waals surface area contributed by atoms with Gasteiger partial charge in [-0.2, -0.15) is 0 Å². The molecule has 5 aliphatic rings. The zero-order valence-corrected chi connectivity index (χ0v) is 16.8. The van der Waals surface area contributed by atoms with E-state index in [9.17, 15) is 9.59 Å². The zero-order valence-electron chi connectivity index (χ0n) is 16.8. The molecular weight excluding hydrogens is 386 g/mol. The predicted octanol–water partition coefficient (Wildman–Crippen LogP) is 5.19. The smallest absolute Gasteiger partial charge is 0.238 e. The molecule has 3 aromatic rings. The monoisotopic (exact) mass is 407 g/mol. The van der Waals surface area contributed by atoms with Gasteiger partial charge in [-0.1, -0.05) is 48.6 Å². The molecule has 2 bridgehead atoms. The number of amides is 2. The number of hydrogen-bond donors (Lipinski definition) is 0. The Bertz CT molecular complexity index is 1240. The van der Waals surface area contributed by atoms with Gasteiger partial charge in [0.15, 0.2) is 0 Å². The maximum Gasteiger partial charge on any atom is 0.238 e. The molecule has 1 saturated heterocycles. The van der Waals surface area contributed by atoms with Crippen molar-refractivity contribution in [3.63, 3.8) is 0 Å². The highest BCUT2D eigenvalue weighted by Crippen LogP contribution is 2.65. The molecule has 8 rings (SSSR count). The molecular formula is C27H21NO3. The molecule has 31 heavy (non-hydrogen) atoms. The SMILES string of the molecule is O=C1C2C3C=CC(C4CC34)C2C(=O)N1c1ccc(Oc2cccc3ccccc23)cc1. The number of ether oxygens (including phenoxy) is 1. The molecule has 0 aromatic heterocycles. The first-order valence-electron chi connectivity index (χ1n) is 11.0. The van der Waals surface area contributed by atoms with Gasteiger partial charge in [-0.15, -0.1) is 0 Å². The Hall–Kier alpha value is -3.40. The Kier molecular flexibility index (Phi) is 3.39. The fourth-order valence-corrected chi connectivity index (χ4v) is 6.29. The minimum absolute atomic E-state index is 0.0255. The zero-order chi connectivity index (χ0) is 20.7. The van der Waals surface area contributed by atoms with Gasteiger partial charge >= 0.3 is 0 Å². The number of anilines is 1. The van der Waals surface area contributed by atoms with E-state index >= 15 is 0 Å². The Morgan fingerprint density at radius 2 is 1.39 bits per heavy atom. The van der Waals surface area contributed by atoms with E-state index in [2.05, 4.69) is 24.3 Å². The summed E-state index contributed by atoms with van der Waals surface area (Å²) >= 11 is 0. The van der Waals surface area contributed by atoms with Crippen molar-refractivity contribution in [3.8, 4) is 11.5 Å². The van der Waals surface area contributed by atoms with Crippen LogP contribution in [0.2, 0.25) is 0 Å². The van der Waals surface area contributed by atoms with Crippen LogP contribution in [0.5, 0.6) is 11.5 Å². The molecule has 1 aliphatic heterocycles. The lowest BCUT2D eigenvalue weighted by molar-refractivity contribution is -0.124. The molecule has 0 spiro atoms. The summed E-state index contributed by atoms with van der Waals surface area (Å²) in [6.07, 6.45) is 5.59. The summed E-state index contributed by atoms with van der Waals surface area (Å²) in [4.78, 5) is 28.0. The predicted molar refractivity (Wildman–Crippen MR) is 118 cm³/mol. The van der Waals surface area contributed by atoms with E-state index in [0.717, 1.165) is 16.5 Å². The number of allylic oxidation sites excluding steroid dienone is 2. The van der Waals surface area contributed by atoms with Crippen LogP contribution in [0.4, 0.5) is 5.69 Å². The summed E-state index contributed by atoms with van der Waals surface area (Å²) in [6, 6.07) is 21.4. The molecule has 2 saturated carbocycles. The number of imide groups is 1. The molecule has 4 aliphatic carbocycles. The fourth-order valence-electron chi connectivity index (χ4n) is 6.29. The molecule has 6 atom stereocenters. The second kappa shape index (κ2) is 6.07. The topological polar surface area (TPSA) is 46.6 Å². The molecule has 4 nitrogen and oxygen atoms in total. The minimum Gasteiger partial charge on any atom is -0.457 e. The van der Waals surface area contributed by atoms with E-state index in [1.807, 2.05) is 54.6 Å². The summed E-state index contributed by atoms with van der Waals surface area (Å²) in [5.74, 6) is 2.80. The van der Waals surface area contributed by atoms with Crippen molar-refractivity contribution in [2.24, 2.45) is 35.5 Å². The number of hydrogen-bond acceptors (Lipinski definition) is 3. The van der Waals surface area contributed by atoms with Crippen LogP contribution in [0, 0.1) is 35.5 Å². The van der Waals surface area contributed by atoms with Crippen LogP contribution < -0.4 is 9.64 Å². The highest BCUT2D eigenvalue weighted by atomic mass is 16.5. The largest absolute Gasteiger partial charge is 0.457 e. The van der Waals surface area contributed by atoms with E-state index < -0.39 is 0 Å². The molecule has 3 aromatic carbocycles. The third-order valence-corrected chi connectivity index (χ3v) is 7.74. The molecule has 152 valence electrons. The highest BCUT2D eigenvalue weighted by molar-refractivity contribution is 6.22. The van der Waals surface area contributed by atoms with Crippen molar-refractivity contribution < 1.29 is 14.3 Å². The van der Waals surface area contributed by atoms with Gasteiger partial charge in [-0.25, -0.2) is 0 Å². The van der Waals surface area contributed by atoms with Gasteiger partial charge in [0.25, 0.3) is 0 Å². The maximum absolute atomic E-state index is 13.3. The van der Waals surface area contributed by atoms with E-state index in [4.69, 9.17) is 4.74 Å². The van der Waals surface area contributed by atoms with Crippen molar-refractivity contribution in [1.82, 2.24) is 0 Å². The fraction of sp³-hybridized carbons (Fsp3) is 0.259. The van der Waals surface area contributed by atoms with E-state index in [-0.39, 0.29) is 35.5 Å². The minimum atomic E-state index is -0.169. The number of rotatable bonds is 3. The highest BCUT2D eigenvalue weighted by Gasteiger charge is 2.67. The van der Waals surface area contributed by atoms with Gasteiger partial charge in [-0.3, -0.25) is 14.5 Å². The second-order valence-electron chi connectivity index (χ2n) is 9.24. The average Bonchev–Trinajstić information content (AvgIpc) is 3.58. The van der Waals surface area contributed by atoms with Crippen molar-refractivity contribution >= 4 is 28.3 Å². The van der Waals surface area contributed by atoms with E-state index in [1.165, 1.54) is 11.3 Å². The van der Waals surface area contributed by atoms with Crippen LogP contribution in [0.25, 0.3) is 10.8 Å². The van der Waals surface area contributed by atoms with Gasteiger partial charge < -0.3 is 4.74 Å². The van der Waals surface area contributed by atoms with Crippen LogP contribution >= 0.6 is 0 Å². The number of benzene rings is 3. The number of carbonyl (C=O) groups is 2. The summed E-state index contributed by atoms with van der Waals surface area (Å²) in [5.41, 5.74) is 0.641. The van der Waals surface area contributed by atoms with Gasteiger partial charge in [0.1, 0.15) is 11.5 Å². The van der Waals surface area contributed by atoms with Gasteiger partial charge in [0.2, 0.25) is 11.8 Å². The molecule has 0 N–H and O–H groups in total. The third kappa shape index (κ3) is 2.36. The molecule has 1 heterocycles. The quantitative estimate of drug-likeness (QED) is 0.443. The lowest BCUT2D eigenvalue weighted by Gasteiger charge is -2.37. The van der Waals surface area contributed by atoms with Crippen LogP contribution in [0.15, 0.2) is 78.9 Å². The molecule has 4 heteroatoms. The van der Waals surface area contributed by atoms with Crippen molar-refractivity contribution in [2.45, 2.75) is 6.42 Å². The Labute approximate surface area is 180 Å². The molecule has 2 amide bonds. The van der Waals surface area contributed by atoms with Crippen LogP contribution in [0.1, 0.15) is 6.42 Å². The first kappa shape index (κ1) is 17.3. The molecule has 6 unspecified atom stereocenters. The lowest BCUT2D eigenvalue weighted by Crippen LogP contribution is -2.40. The molecule has 3 fully saturated rings. The number of fused-ring (bicyclic) bond motifs is 1. The van der Waals surface area contributed by atoms with Crippen LogP contribution in [-0.2, 0) is 9.59 Å². The number of carbonyl (C=O) groups excluding carboxylic acids is 2. The van der Waals surface area contributed by atoms with Crippen molar-refractivity contribution in [1.29, 1.82) is 0 Å². The third-order valence-electron chi connectivity index (χ3n) is 7.74. The first-order chi connectivity index (χ1) is 15.2. The standard InChI is InChI=1S/C27H21NO3/c29-26-24-19-12-13-20(22-14-21(19)22)25(24)27(30)28(26)16-8-10-17(11-9-16)31-23-7-3-5-15-4-1-2-6-18(15)23/h1-13,19-22,24-25H,14H2. The summed E-state index contributed by atoms with van der Waals surface area (Å²) in [6.45, 7) is 0. The van der Waals surface area contributed by atoms with Crippen molar-refractivity contribution in [3.05, 3.63) is 78.9 Å². The Morgan fingerprint density at radius 3 is 2.10 bits per heavy atom. The maximum atomic E-state index is 13.3. The summed E-state index contributed by atoms with van der Waals surface area (Å²) in [5, 5.41) is 2.17. The average molecular weight is 407 g/mol. The second-order valence-corrected chi connectivity index (χ2v) is 9.24. The summed E-state index contributed by atoms with van der Waals surface area (Å²) < 4.78 is 6.12. The Balaban J connectivity index is 1.17. The van der Waals surface area contributed by atoms with E-state index in [0.29, 0.717) is 23.3 Å². The molecule has 0 radical (unpaired) electrons. The summed E-state index contributed by atoms with van der Waals surface area (Å²) in [7, 11) is 0. The van der Waals surface area contributed by atoms with Crippen molar-refractivity contribution in [2.75, 3.05) is 4.90 Å². The van der Waals surface area contributed by atoms with Gasteiger partial charge in [-0.05, 0) is 65.8 Å². The number of nitrogens with zero attached hydrogens (tertiary/aromatic N) is 1.